The monoisotopic (exact) mass is 471 g/mol. The predicted octanol–water partition coefficient (Wildman–Crippen LogP) is 3.66. The number of benzene rings is 2. The van der Waals surface area contributed by atoms with Crippen LogP contribution in [0.4, 0.5) is 10.1 Å². The van der Waals surface area contributed by atoms with Crippen molar-refractivity contribution in [2.45, 2.75) is 38.6 Å². The Labute approximate surface area is 189 Å². The quantitative estimate of drug-likeness (QED) is 0.549. The van der Waals surface area contributed by atoms with Crippen LogP contribution in [-0.2, 0) is 16.6 Å². The van der Waals surface area contributed by atoms with Crippen molar-refractivity contribution in [2.24, 2.45) is 10.3 Å². The minimum absolute atomic E-state index is 0.0629. The number of halogens is 1. The summed E-state index contributed by atoms with van der Waals surface area (Å²) in [5, 5.41) is 13.7. The van der Waals surface area contributed by atoms with Crippen LogP contribution in [0, 0.1) is 11.7 Å². The van der Waals surface area contributed by atoms with E-state index in [0.717, 1.165) is 6.07 Å². The molecule has 0 fully saturated rings. The molecule has 0 aliphatic carbocycles. The second-order valence-electron chi connectivity index (χ2n) is 8.33. The SMILES string of the molecule is CC(=O)c1ccc2c(c1)S(=O)(=O)N=C(c1c(O)c3cc(F)ccc3n(CCC(C)C)c1=O)N2. The number of hydrogen-bond acceptors (Lipinski definition) is 6. The fourth-order valence-electron chi connectivity index (χ4n) is 3.72. The van der Waals surface area contributed by atoms with Crippen LogP contribution in [0.3, 0.4) is 0 Å². The van der Waals surface area contributed by atoms with E-state index in [1.807, 2.05) is 13.8 Å². The van der Waals surface area contributed by atoms with Gasteiger partial charge in [0.1, 0.15) is 22.0 Å². The van der Waals surface area contributed by atoms with Crippen molar-refractivity contribution in [3.63, 3.8) is 0 Å². The number of carbonyl (C=O) groups is 1. The zero-order valence-corrected chi connectivity index (χ0v) is 19.0. The largest absolute Gasteiger partial charge is 0.506 e. The minimum Gasteiger partial charge on any atom is -0.506 e. The summed E-state index contributed by atoms with van der Waals surface area (Å²) in [4.78, 5) is 24.9. The molecule has 1 aliphatic rings. The number of hydrogen-bond donors (Lipinski definition) is 2. The highest BCUT2D eigenvalue weighted by atomic mass is 32.2. The fraction of sp³-hybridized carbons (Fsp3) is 0.261. The van der Waals surface area contributed by atoms with Gasteiger partial charge in [-0.3, -0.25) is 9.59 Å². The third kappa shape index (κ3) is 4.02. The van der Waals surface area contributed by atoms with Crippen molar-refractivity contribution in [3.05, 3.63) is 63.7 Å². The number of carbonyl (C=O) groups excluding carboxylic acids is 1. The Balaban J connectivity index is 1.96. The maximum Gasteiger partial charge on any atom is 0.286 e. The molecule has 10 heteroatoms. The van der Waals surface area contributed by atoms with Gasteiger partial charge in [0, 0.05) is 17.5 Å². The molecule has 0 saturated carbocycles. The van der Waals surface area contributed by atoms with Crippen molar-refractivity contribution < 1.29 is 22.7 Å². The summed E-state index contributed by atoms with van der Waals surface area (Å²) in [7, 11) is -4.29. The van der Waals surface area contributed by atoms with E-state index in [9.17, 15) is 27.5 Å². The second-order valence-corrected chi connectivity index (χ2v) is 9.90. The summed E-state index contributed by atoms with van der Waals surface area (Å²) in [5.74, 6) is -1.61. The summed E-state index contributed by atoms with van der Waals surface area (Å²) in [5.41, 5.74) is -0.400. The fourth-order valence-corrected chi connectivity index (χ4v) is 4.87. The maximum absolute atomic E-state index is 14.0. The molecule has 0 bridgehead atoms. The number of aromatic hydroxyl groups is 1. The molecule has 33 heavy (non-hydrogen) atoms. The summed E-state index contributed by atoms with van der Waals surface area (Å²) in [6.07, 6.45) is 0.630. The van der Waals surface area contributed by atoms with Gasteiger partial charge >= 0.3 is 0 Å². The molecule has 3 aromatic rings. The van der Waals surface area contributed by atoms with Gasteiger partial charge in [-0.15, -0.1) is 4.40 Å². The van der Waals surface area contributed by atoms with E-state index in [0.29, 0.717) is 11.9 Å². The third-order valence-electron chi connectivity index (χ3n) is 5.50. The van der Waals surface area contributed by atoms with Gasteiger partial charge in [-0.25, -0.2) is 4.39 Å². The Hall–Kier alpha value is -3.53. The molecule has 8 nitrogen and oxygen atoms in total. The minimum atomic E-state index is -4.29. The number of aryl methyl sites for hydroxylation is 1. The van der Waals surface area contributed by atoms with Crippen molar-refractivity contribution in [3.8, 4) is 5.75 Å². The molecule has 2 heterocycles. The van der Waals surface area contributed by atoms with E-state index in [4.69, 9.17) is 0 Å². The zero-order valence-electron chi connectivity index (χ0n) is 18.2. The van der Waals surface area contributed by atoms with Gasteiger partial charge in [-0.1, -0.05) is 13.8 Å². The molecule has 0 radical (unpaired) electrons. The molecule has 0 unspecified atom stereocenters. The van der Waals surface area contributed by atoms with E-state index < -0.39 is 27.1 Å². The van der Waals surface area contributed by atoms with Gasteiger partial charge in [0.25, 0.3) is 15.6 Å². The van der Waals surface area contributed by atoms with Crippen molar-refractivity contribution in [2.75, 3.05) is 5.32 Å². The highest BCUT2D eigenvalue weighted by molar-refractivity contribution is 7.90. The molecular weight excluding hydrogens is 449 g/mol. The van der Waals surface area contributed by atoms with Crippen molar-refractivity contribution >= 4 is 38.2 Å². The zero-order chi connectivity index (χ0) is 24.1. The van der Waals surface area contributed by atoms with E-state index >= 15 is 0 Å². The van der Waals surface area contributed by atoms with Crippen LogP contribution >= 0.6 is 0 Å². The van der Waals surface area contributed by atoms with E-state index in [-0.39, 0.29) is 51.2 Å². The Morgan fingerprint density at radius 2 is 1.94 bits per heavy atom. The first-order valence-corrected chi connectivity index (χ1v) is 11.8. The average molecular weight is 472 g/mol. The van der Waals surface area contributed by atoms with Gasteiger partial charge in [0.15, 0.2) is 11.6 Å². The predicted molar refractivity (Wildman–Crippen MR) is 123 cm³/mol. The van der Waals surface area contributed by atoms with Gasteiger partial charge in [0.2, 0.25) is 0 Å². The van der Waals surface area contributed by atoms with Crippen molar-refractivity contribution in [1.29, 1.82) is 0 Å². The summed E-state index contributed by atoms with van der Waals surface area (Å²) < 4.78 is 44.9. The van der Waals surface area contributed by atoms with Crippen molar-refractivity contribution in [1.82, 2.24) is 4.57 Å². The first-order chi connectivity index (χ1) is 15.5. The molecular formula is C23H22FN3O5S. The number of nitrogens with one attached hydrogen (secondary N) is 1. The molecule has 1 aromatic heterocycles. The Bertz CT molecular complexity index is 1510. The average Bonchev–Trinajstić information content (AvgIpc) is 2.73. The number of nitrogens with zero attached hydrogens (tertiary/aromatic N) is 2. The number of anilines is 1. The Morgan fingerprint density at radius 1 is 1.21 bits per heavy atom. The van der Waals surface area contributed by atoms with Gasteiger partial charge < -0.3 is 15.0 Å². The van der Waals surface area contributed by atoms with Crippen LogP contribution in [0.1, 0.15) is 43.1 Å². The van der Waals surface area contributed by atoms with Crippen LogP contribution in [0.15, 0.2) is 50.5 Å². The number of pyridine rings is 1. The molecule has 2 N–H and O–H groups in total. The first-order valence-electron chi connectivity index (χ1n) is 10.3. The number of fused-ring (bicyclic) bond motifs is 2. The van der Waals surface area contributed by atoms with E-state index in [1.54, 1.807) is 0 Å². The van der Waals surface area contributed by atoms with Gasteiger partial charge in [0.05, 0.1) is 11.2 Å². The molecule has 172 valence electrons. The van der Waals surface area contributed by atoms with Crippen LogP contribution < -0.4 is 10.9 Å². The standard InChI is InChI=1S/C23H22FN3O5S/c1-12(2)8-9-27-18-7-5-15(24)11-16(18)21(29)20(23(27)30)22-25-17-6-4-14(13(3)28)10-19(17)33(31,32)26-22/h4-7,10-12,29H,8-9H2,1-3H3,(H,25,26). The normalized spacial score (nSPS) is 14.6. The summed E-state index contributed by atoms with van der Waals surface area (Å²) in [6.45, 7) is 5.56. The lowest BCUT2D eigenvalue weighted by Gasteiger charge is -2.21. The molecule has 0 atom stereocenters. The highest BCUT2D eigenvalue weighted by Crippen LogP contribution is 2.33. The van der Waals surface area contributed by atoms with Crippen LogP contribution in [0.25, 0.3) is 10.9 Å². The third-order valence-corrected chi connectivity index (χ3v) is 6.81. The Kier molecular flexibility index (Phi) is 5.57. The number of sulfonamides is 1. The highest BCUT2D eigenvalue weighted by Gasteiger charge is 2.30. The van der Waals surface area contributed by atoms with Crippen LogP contribution in [-0.4, -0.2) is 29.7 Å². The molecule has 4 rings (SSSR count). The molecule has 0 saturated heterocycles. The number of aromatic nitrogens is 1. The molecule has 1 aliphatic heterocycles. The summed E-state index contributed by atoms with van der Waals surface area (Å²) in [6, 6.07) is 7.73. The lowest BCUT2D eigenvalue weighted by Crippen LogP contribution is -2.33. The topological polar surface area (TPSA) is 118 Å². The van der Waals surface area contributed by atoms with Crippen LogP contribution in [0.2, 0.25) is 0 Å². The number of rotatable bonds is 5. The maximum atomic E-state index is 14.0. The van der Waals surface area contributed by atoms with Crippen LogP contribution in [0.5, 0.6) is 5.75 Å². The molecule has 2 aromatic carbocycles. The molecule has 0 amide bonds. The lowest BCUT2D eigenvalue weighted by molar-refractivity contribution is 0.101. The first kappa shape index (κ1) is 22.7. The Morgan fingerprint density at radius 3 is 2.61 bits per heavy atom. The lowest BCUT2D eigenvalue weighted by atomic mass is 10.1. The second kappa shape index (κ2) is 8.11. The van der Waals surface area contributed by atoms with E-state index in [1.165, 1.54) is 41.8 Å². The number of Topliss-reactive ketones (excluding diaryl/α,β-unsaturated/α-hetero) is 1. The number of amidine groups is 1. The molecule has 0 spiro atoms. The number of ketones is 1. The van der Waals surface area contributed by atoms with Gasteiger partial charge in [-0.2, -0.15) is 8.42 Å². The summed E-state index contributed by atoms with van der Waals surface area (Å²) >= 11 is 0. The van der Waals surface area contributed by atoms with Gasteiger partial charge in [-0.05, 0) is 55.7 Å². The van der Waals surface area contributed by atoms with E-state index in [2.05, 4.69) is 9.71 Å². The smallest absolute Gasteiger partial charge is 0.286 e.